The Morgan fingerprint density at radius 1 is 1.59 bits per heavy atom. The van der Waals surface area contributed by atoms with Gasteiger partial charge in [0.2, 0.25) is 5.91 Å². The van der Waals surface area contributed by atoms with Crippen LogP contribution in [0.3, 0.4) is 0 Å². The van der Waals surface area contributed by atoms with Crippen molar-refractivity contribution in [2.45, 2.75) is 32.2 Å². The van der Waals surface area contributed by atoms with E-state index in [1.54, 1.807) is 6.26 Å². The fraction of sp³-hybridized carbons (Fsp3) is 0.615. The number of hydrogen-bond donors (Lipinski definition) is 1. The summed E-state index contributed by atoms with van der Waals surface area (Å²) >= 11 is 0. The zero-order chi connectivity index (χ0) is 12.3. The van der Waals surface area contributed by atoms with Crippen molar-refractivity contribution >= 4 is 5.91 Å². The maximum Gasteiger partial charge on any atom is 0.223 e. The summed E-state index contributed by atoms with van der Waals surface area (Å²) in [6, 6.07) is 3.77. The molecule has 1 aliphatic heterocycles. The second-order valence-electron chi connectivity index (χ2n) is 5.11. The van der Waals surface area contributed by atoms with E-state index in [9.17, 15) is 4.79 Å². The third-order valence-electron chi connectivity index (χ3n) is 3.27. The topological polar surface area (TPSA) is 45.5 Å². The predicted octanol–water partition coefficient (Wildman–Crippen LogP) is 1.42. The first-order valence-electron chi connectivity index (χ1n) is 6.13. The van der Waals surface area contributed by atoms with Gasteiger partial charge in [-0.1, -0.05) is 0 Å². The highest BCUT2D eigenvalue weighted by Crippen LogP contribution is 2.18. The van der Waals surface area contributed by atoms with E-state index in [1.807, 2.05) is 17.0 Å². The van der Waals surface area contributed by atoms with Gasteiger partial charge in [-0.25, -0.2) is 0 Å². The Morgan fingerprint density at radius 2 is 2.41 bits per heavy atom. The summed E-state index contributed by atoms with van der Waals surface area (Å²) in [5.74, 6) is 1.10. The van der Waals surface area contributed by atoms with Crippen LogP contribution in [0.15, 0.2) is 22.8 Å². The van der Waals surface area contributed by atoms with E-state index in [0.29, 0.717) is 12.8 Å². The van der Waals surface area contributed by atoms with Crippen LogP contribution in [0, 0.1) is 0 Å². The Morgan fingerprint density at radius 3 is 3.06 bits per heavy atom. The van der Waals surface area contributed by atoms with Crippen molar-refractivity contribution in [3.8, 4) is 0 Å². The van der Waals surface area contributed by atoms with Crippen LogP contribution < -0.4 is 5.32 Å². The van der Waals surface area contributed by atoms with Gasteiger partial charge < -0.3 is 14.6 Å². The van der Waals surface area contributed by atoms with Gasteiger partial charge in [0.15, 0.2) is 0 Å². The minimum Gasteiger partial charge on any atom is -0.469 e. The molecular weight excluding hydrogens is 216 g/mol. The van der Waals surface area contributed by atoms with Crippen LogP contribution >= 0.6 is 0 Å². The molecule has 2 heterocycles. The van der Waals surface area contributed by atoms with Crippen LogP contribution in [-0.2, 0) is 11.2 Å². The van der Waals surface area contributed by atoms with Crippen molar-refractivity contribution in [1.82, 2.24) is 10.2 Å². The Bertz CT molecular complexity index is 371. The van der Waals surface area contributed by atoms with Crippen molar-refractivity contribution < 1.29 is 9.21 Å². The number of furan rings is 1. The second kappa shape index (κ2) is 4.92. The van der Waals surface area contributed by atoms with Crippen molar-refractivity contribution in [3.63, 3.8) is 0 Å². The largest absolute Gasteiger partial charge is 0.469 e. The molecule has 0 spiro atoms. The normalized spacial score (nSPS) is 19.3. The minimum atomic E-state index is -0.0848. The summed E-state index contributed by atoms with van der Waals surface area (Å²) in [7, 11) is 0. The first-order chi connectivity index (χ1) is 8.09. The zero-order valence-electron chi connectivity index (χ0n) is 10.5. The monoisotopic (exact) mass is 236 g/mol. The number of hydrogen-bond acceptors (Lipinski definition) is 3. The lowest BCUT2D eigenvalue weighted by molar-refractivity contribution is -0.137. The highest BCUT2D eigenvalue weighted by Gasteiger charge is 2.32. The van der Waals surface area contributed by atoms with E-state index >= 15 is 0 Å². The fourth-order valence-corrected chi connectivity index (χ4v) is 2.27. The molecule has 1 N–H and O–H groups in total. The van der Waals surface area contributed by atoms with Crippen LogP contribution in [0.4, 0.5) is 0 Å². The lowest BCUT2D eigenvalue weighted by Crippen LogP contribution is -2.59. The van der Waals surface area contributed by atoms with Gasteiger partial charge in [-0.05, 0) is 26.0 Å². The fourth-order valence-electron chi connectivity index (χ4n) is 2.27. The molecular formula is C13H20N2O2. The first kappa shape index (κ1) is 12.2. The van der Waals surface area contributed by atoms with Crippen molar-refractivity contribution in [2.75, 3.05) is 19.6 Å². The van der Waals surface area contributed by atoms with E-state index in [1.165, 1.54) is 0 Å². The van der Waals surface area contributed by atoms with Gasteiger partial charge in [0.25, 0.3) is 0 Å². The number of rotatable bonds is 3. The van der Waals surface area contributed by atoms with E-state index in [2.05, 4.69) is 19.2 Å². The number of nitrogens with zero attached hydrogens (tertiary/aromatic N) is 1. The molecule has 0 bridgehead atoms. The minimum absolute atomic E-state index is 0.0848. The maximum absolute atomic E-state index is 12.2. The molecule has 1 aromatic heterocycles. The molecule has 4 heteroatoms. The summed E-state index contributed by atoms with van der Waals surface area (Å²) in [5, 5.41) is 3.32. The van der Waals surface area contributed by atoms with Crippen LogP contribution in [-0.4, -0.2) is 36.0 Å². The summed E-state index contributed by atoms with van der Waals surface area (Å²) in [5.41, 5.74) is -0.0848. The molecule has 0 unspecified atom stereocenters. The molecule has 1 fully saturated rings. The molecule has 0 aromatic carbocycles. The van der Waals surface area contributed by atoms with Crippen molar-refractivity contribution in [3.05, 3.63) is 24.2 Å². The number of carbonyl (C=O) groups excluding carboxylic acids is 1. The van der Waals surface area contributed by atoms with Crippen LogP contribution in [0.2, 0.25) is 0 Å². The Balaban J connectivity index is 1.90. The number of aryl methyl sites for hydroxylation is 1. The van der Waals surface area contributed by atoms with E-state index in [4.69, 9.17) is 4.42 Å². The maximum atomic E-state index is 12.2. The van der Waals surface area contributed by atoms with Crippen LogP contribution in [0.1, 0.15) is 26.0 Å². The van der Waals surface area contributed by atoms with Crippen LogP contribution in [0.25, 0.3) is 0 Å². The highest BCUT2D eigenvalue weighted by molar-refractivity contribution is 5.77. The summed E-state index contributed by atoms with van der Waals surface area (Å²) in [6.07, 6.45) is 2.86. The van der Waals surface area contributed by atoms with E-state index in [0.717, 1.165) is 25.4 Å². The third-order valence-corrected chi connectivity index (χ3v) is 3.27. The molecule has 1 aromatic rings. The Labute approximate surface area is 102 Å². The molecule has 0 radical (unpaired) electrons. The Kier molecular flexibility index (Phi) is 3.52. The first-order valence-corrected chi connectivity index (χ1v) is 6.13. The quantitative estimate of drug-likeness (QED) is 0.863. The summed E-state index contributed by atoms with van der Waals surface area (Å²) in [6.45, 7) is 6.74. The van der Waals surface area contributed by atoms with Gasteiger partial charge in [-0.15, -0.1) is 0 Å². The molecule has 1 aliphatic rings. The van der Waals surface area contributed by atoms with E-state index < -0.39 is 0 Å². The number of piperazine rings is 1. The standard InChI is InChI=1S/C13H20N2O2/c1-13(2)10-14-7-8-15(13)12(16)6-5-11-4-3-9-17-11/h3-4,9,14H,5-8,10H2,1-2H3. The van der Waals surface area contributed by atoms with Gasteiger partial charge in [-0.3, -0.25) is 4.79 Å². The molecule has 0 saturated carbocycles. The Hall–Kier alpha value is -1.29. The highest BCUT2D eigenvalue weighted by atomic mass is 16.3. The van der Waals surface area contributed by atoms with Gasteiger partial charge >= 0.3 is 0 Å². The molecule has 94 valence electrons. The van der Waals surface area contributed by atoms with Gasteiger partial charge in [0, 0.05) is 38.0 Å². The molecule has 1 amide bonds. The SMILES string of the molecule is CC1(C)CNCCN1C(=O)CCc1ccco1. The third kappa shape index (κ3) is 2.88. The average Bonchev–Trinajstić information content (AvgIpc) is 2.78. The van der Waals surface area contributed by atoms with Crippen LogP contribution in [0.5, 0.6) is 0 Å². The molecule has 2 rings (SSSR count). The summed E-state index contributed by atoms with van der Waals surface area (Å²) < 4.78 is 5.24. The molecule has 17 heavy (non-hydrogen) atoms. The number of carbonyl (C=O) groups is 1. The molecule has 0 aliphatic carbocycles. The smallest absolute Gasteiger partial charge is 0.223 e. The molecule has 0 atom stereocenters. The van der Waals surface area contributed by atoms with Crippen molar-refractivity contribution in [1.29, 1.82) is 0 Å². The average molecular weight is 236 g/mol. The molecule has 4 nitrogen and oxygen atoms in total. The zero-order valence-corrected chi connectivity index (χ0v) is 10.5. The lowest BCUT2D eigenvalue weighted by atomic mass is 9.99. The van der Waals surface area contributed by atoms with Crippen molar-refractivity contribution in [2.24, 2.45) is 0 Å². The number of nitrogens with one attached hydrogen (secondary N) is 1. The number of amides is 1. The summed E-state index contributed by atoms with van der Waals surface area (Å²) in [4.78, 5) is 14.1. The molecule has 1 saturated heterocycles. The lowest BCUT2D eigenvalue weighted by Gasteiger charge is -2.43. The van der Waals surface area contributed by atoms with Gasteiger partial charge in [0.05, 0.1) is 6.26 Å². The van der Waals surface area contributed by atoms with E-state index in [-0.39, 0.29) is 11.4 Å². The predicted molar refractivity (Wildman–Crippen MR) is 65.7 cm³/mol. The van der Waals surface area contributed by atoms with Gasteiger partial charge in [0.1, 0.15) is 5.76 Å². The van der Waals surface area contributed by atoms with Gasteiger partial charge in [-0.2, -0.15) is 0 Å². The second-order valence-corrected chi connectivity index (χ2v) is 5.11.